The lowest BCUT2D eigenvalue weighted by atomic mass is 10.3. The number of rotatable bonds is 6. The van der Waals surface area contributed by atoms with Gasteiger partial charge in [0.15, 0.2) is 16.4 Å². The Kier molecular flexibility index (Phi) is 6.28. The van der Waals surface area contributed by atoms with Crippen molar-refractivity contribution in [3.8, 4) is 5.69 Å². The fourth-order valence-electron chi connectivity index (χ4n) is 2.83. The topological polar surface area (TPSA) is 111 Å². The van der Waals surface area contributed by atoms with E-state index in [-0.39, 0.29) is 37.0 Å². The van der Waals surface area contributed by atoms with Crippen LogP contribution in [0.25, 0.3) is 5.69 Å². The molecule has 1 amide bonds. The van der Waals surface area contributed by atoms with Gasteiger partial charge in [-0.15, -0.1) is 0 Å². The quantitative estimate of drug-likeness (QED) is 0.674. The number of ether oxygens (including phenoxy) is 1. The molecule has 0 atom stereocenters. The molecule has 11 heteroatoms. The van der Waals surface area contributed by atoms with Crippen LogP contribution in [0.4, 0.5) is 10.2 Å². The molecule has 0 saturated carbocycles. The Hall–Kier alpha value is -2.79. The number of esters is 1. The van der Waals surface area contributed by atoms with Crippen molar-refractivity contribution in [3.63, 3.8) is 0 Å². The highest BCUT2D eigenvalue weighted by atomic mass is 32.2. The maximum atomic E-state index is 13.1. The Balaban J connectivity index is 1.52. The first-order chi connectivity index (χ1) is 13.7. The van der Waals surface area contributed by atoms with Gasteiger partial charge in [-0.25, -0.2) is 17.5 Å². The minimum atomic E-state index is -3.03. The van der Waals surface area contributed by atoms with Crippen LogP contribution in [0.5, 0.6) is 0 Å². The summed E-state index contributed by atoms with van der Waals surface area (Å²) < 4.78 is 42.3. The average molecular weight is 424 g/mol. The van der Waals surface area contributed by atoms with Crippen LogP contribution in [0.2, 0.25) is 0 Å². The summed E-state index contributed by atoms with van der Waals surface area (Å²) in [6.07, 6.45) is 0. The molecule has 2 aromatic rings. The molecule has 1 N–H and O–H groups in total. The lowest BCUT2D eigenvalue weighted by Crippen LogP contribution is -2.43. The van der Waals surface area contributed by atoms with Gasteiger partial charge in [0.05, 0.1) is 29.4 Å². The maximum Gasteiger partial charge on any atom is 0.320 e. The number of aromatic nitrogens is 2. The van der Waals surface area contributed by atoms with E-state index in [1.807, 2.05) is 0 Å². The molecule has 0 bridgehead atoms. The number of nitrogens with one attached hydrogen (secondary N) is 1. The summed E-state index contributed by atoms with van der Waals surface area (Å²) in [6.45, 7) is 1.71. The minimum Gasteiger partial charge on any atom is -0.455 e. The normalized spacial score (nSPS) is 16.3. The third-order valence-corrected chi connectivity index (χ3v) is 5.93. The molecule has 1 aliphatic heterocycles. The Labute approximate surface area is 167 Å². The van der Waals surface area contributed by atoms with E-state index in [0.29, 0.717) is 17.2 Å². The number of hydrogen-bond acceptors (Lipinski definition) is 7. The van der Waals surface area contributed by atoms with Crippen molar-refractivity contribution in [1.29, 1.82) is 0 Å². The van der Waals surface area contributed by atoms with Crippen molar-refractivity contribution in [2.75, 3.05) is 43.1 Å². The van der Waals surface area contributed by atoms with Gasteiger partial charge in [0.1, 0.15) is 11.6 Å². The van der Waals surface area contributed by atoms with Crippen LogP contribution in [0.3, 0.4) is 0 Å². The van der Waals surface area contributed by atoms with Crippen molar-refractivity contribution >= 4 is 27.5 Å². The Morgan fingerprint density at radius 1 is 1.21 bits per heavy atom. The smallest absolute Gasteiger partial charge is 0.320 e. The molecule has 156 valence electrons. The zero-order valence-corrected chi connectivity index (χ0v) is 16.6. The first-order valence-electron chi connectivity index (χ1n) is 8.93. The molecule has 0 spiro atoms. The Morgan fingerprint density at radius 2 is 1.86 bits per heavy atom. The number of carbonyl (C=O) groups is 2. The third-order valence-electron chi connectivity index (χ3n) is 4.32. The number of halogens is 1. The second kappa shape index (κ2) is 8.70. The number of sulfone groups is 1. The summed E-state index contributed by atoms with van der Waals surface area (Å²) in [4.78, 5) is 25.7. The lowest BCUT2D eigenvalue weighted by Gasteiger charge is -2.25. The van der Waals surface area contributed by atoms with Crippen LogP contribution >= 0.6 is 0 Å². The van der Waals surface area contributed by atoms with Crippen molar-refractivity contribution in [1.82, 2.24) is 14.7 Å². The monoisotopic (exact) mass is 424 g/mol. The fourth-order valence-corrected chi connectivity index (χ4v) is 4.11. The van der Waals surface area contributed by atoms with Crippen LogP contribution in [0, 0.1) is 12.7 Å². The van der Waals surface area contributed by atoms with Gasteiger partial charge >= 0.3 is 5.97 Å². The van der Waals surface area contributed by atoms with Gasteiger partial charge in [0.25, 0.3) is 5.91 Å². The van der Waals surface area contributed by atoms with Gasteiger partial charge in [-0.05, 0) is 31.2 Å². The summed E-state index contributed by atoms with van der Waals surface area (Å²) >= 11 is 0. The molecule has 0 unspecified atom stereocenters. The van der Waals surface area contributed by atoms with Crippen molar-refractivity contribution in [3.05, 3.63) is 41.8 Å². The number of nitrogens with zero attached hydrogens (tertiary/aromatic N) is 3. The van der Waals surface area contributed by atoms with Gasteiger partial charge in [-0.2, -0.15) is 5.10 Å². The van der Waals surface area contributed by atoms with Crippen molar-refractivity contribution in [2.45, 2.75) is 6.92 Å². The summed E-state index contributed by atoms with van der Waals surface area (Å²) in [6, 6.07) is 7.25. The summed E-state index contributed by atoms with van der Waals surface area (Å²) in [5.74, 6) is -1.18. The first-order valence-corrected chi connectivity index (χ1v) is 10.7. The number of benzene rings is 1. The average Bonchev–Trinajstić information content (AvgIpc) is 3.02. The van der Waals surface area contributed by atoms with Crippen LogP contribution in [-0.2, 0) is 24.2 Å². The molecule has 1 aliphatic rings. The zero-order chi connectivity index (χ0) is 21.0. The van der Waals surface area contributed by atoms with Crippen LogP contribution in [-0.4, -0.2) is 72.7 Å². The molecule has 1 aromatic heterocycles. The third kappa shape index (κ3) is 5.84. The highest BCUT2D eigenvalue weighted by Crippen LogP contribution is 2.17. The van der Waals surface area contributed by atoms with Gasteiger partial charge in [0, 0.05) is 19.2 Å². The van der Waals surface area contributed by atoms with Gasteiger partial charge in [-0.3, -0.25) is 14.5 Å². The predicted molar refractivity (Wildman–Crippen MR) is 103 cm³/mol. The van der Waals surface area contributed by atoms with Crippen LogP contribution < -0.4 is 5.32 Å². The van der Waals surface area contributed by atoms with E-state index in [4.69, 9.17) is 4.74 Å². The van der Waals surface area contributed by atoms with Gasteiger partial charge < -0.3 is 10.1 Å². The summed E-state index contributed by atoms with van der Waals surface area (Å²) in [7, 11) is -3.03. The van der Waals surface area contributed by atoms with Crippen LogP contribution in [0.15, 0.2) is 30.3 Å². The lowest BCUT2D eigenvalue weighted by molar-refractivity contribution is -0.148. The van der Waals surface area contributed by atoms with E-state index in [1.165, 1.54) is 28.9 Å². The predicted octanol–water partition coefficient (Wildman–Crippen LogP) is 0.532. The largest absolute Gasteiger partial charge is 0.455 e. The van der Waals surface area contributed by atoms with Gasteiger partial charge in [-0.1, -0.05) is 0 Å². The first kappa shape index (κ1) is 20.9. The molecule has 2 heterocycles. The van der Waals surface area contributed by atoms with E-state index >= 15 is 0 Å². The van der Waals surface area contributed by atoms with E-state index in [9.17, 15) is 22.4 Å². The maximum absolute atomic E-state index is 13.1. The van der Waals surface area contributed by atoms with Crippen LogP contribution in [0.1, 0.15) is 5.69 Å². The number of amides is 1. The number of aryl methyl sites for hydroxylation is 1. The second-order valence-corrected chi connectivity index (χ2v) is 9.00. The number of carbonyl (C=O) groups excluding carboxylic acids is 2. The highest BCUT2D eigenvalue weighted by molar-refractivity contribution is 7.91. The molecular weight excluding hydrogens is 403 g/mol. The molecule has 1 aromatic carbocycles. The molecular formula is C18H21FN4O5S. The van der Waals surface area contributed by atoms with E-state index in [0.717, 1.165) is 0 Å². The summed E-state index contributed by atoms with van der Waals surface area (Å²) in [5, 5.41) is 6.88. The van der Waals surface area contributed by atoms with Gasteiger partial charge in [0.2, 0.25) is 0 Å². The minimum absolute atomic E-state index is 0.00743. The highest BCUT2D eigenvalue weighted by Gasteiger charge is 2.23. The molecule has 0 aliphatic carbocycles. The Morgan fingerprint density at radius 3 is 2.52 bits per heavy atom. The standard InChI is InChI=1S/C18H21FN4O5S/c1-13-10-16(23(21-13)15-4-2-14(19)3-5-15)20-17(24)12-28-18(25)11-22-6-8-29(26,27)9-7-22/h2-5,10H,6-9,11-12H2,1H3,(H,20,24). The van der Waals surface area contributed by atoms with E-state index in [1.54, 1.807) is 17.9 Å². The zero-order valence-electron chi connectivity index (χ0n) is 15.8. The molecule has 1 saturated heterocycles. The molecule has 9 nitrogen and oxygen atoms in total. The molecule has 0 radical (unpaired) electrons. The molecule has 3 rings (SSSR count). The molecule has 1 fully saturated rings. The number of hydrogen-bond donors (Lipinski definition) is 1. The van der Waals surface area contributed by atoms with Crippen molar-refractivity contribution in [2.24, 2.45) is 0 Å². The van der Waals surface area contributed by atoms with Crippen molar-refractivity contribution < 1.29 is 27.1 Å². The SMILES string of the molecule is Cc1cc(NC(=O)COC(=O)CN2CCS(=O)(=O)CC2)n(-c2ccc(F)cc2)n1. The Bertz CT molecular complexity index is 990. The second-order valence-electron chi connectivity index (χ2n) is 6.70. The fraction of sp³-hybridized carbons (Fsp3) is 0.389. The molecule has 29 heavy (non-hydrogen) atoms. The number of anilines is 1. The van der Waals surface area contributed by atoms with E-state index in [2.05, 4.69) is 10.4 Å². The van der Waals surface area contributed by atoms with E-state index < -0.39 is 28.3 Å². The summed E-state index contributed by atoms with van der Waals surface area (Å²) in [5.41, 5.74) is 1.20.